The van der Waals surface area contributed by atoms with Gasteiger partial charge in [-0.05, 0) is 48.5 Å². The van der Waals surface area contributed by atoms with E-state index in [1.54, 1.807) is 0 Å². The molecular formula is C36H50Cl3Mn2N8O15-. The van der Waals surface area contributed by atoms with Crippen molar-refractivity contribution in [1.82, 2.24) is 39.5 Å². The summed E-state index contributed by atoms with van der Waals surface area (Å²) in [5.74, 6) is 0. The van der Waals surface area contributed by atoms with Crippen molar-refractivity contribution in [2.45, 2.75) is 26.2 Å². The van der Waals surface area contributed by atoms with Crippen molar-refractivity contribution in [3.8, 4) is 0 Å². The minimum Gasteiger partial charge on any atom is -0.412 e. The molecule has 360 valence electrons. The van der Waals surface area contributed by atoms with Crippen LogP contribution in [0.25, 0.3) is 0 Å². The van der Waals surface area contributed by atoms with Gasteiger partial charge >= 0.3 is 17.1 Å². The first-order valence-corrected chi connectivity index (χ1v) is 22.0. The van der Waals surface area contributed by atoms with Crippen molar-refractivity contribution in [1.29, 1.82) is 0 Å². The molecule has 0 atom stereocenters. The Hall–Kier alpha value is -2.25. The van der Waals surface area contributed by atoms with Gasteiger partial charge < -0.3 is 14.9 Å². The Morgan fingerprint density at radius 1 is 0.375 bits per heavy atom. The molecule has 0 aliphatic carbocycles. The largest absolute Gasteiger partial charge is 2.00 e. The van der Waals surface area contributed by atoms with Crippen LogP contribution in [0.3, 0.4) is 0 Å². The first-order chi connectivity index (χ1) is 28.8. The summed E-state index contributed by atoms with van der Waals surface area (Å²) in [6, 6.07) is 24.5. The molecular weight excluding hydrogens is 1000 g/mol. The van der Waals surface area contributed by atoms with E-state index in [-0.39, 0.29) is 39.6 Å². The van der Waals surface area contributed by atoms with Crippen LogP contribution in [0.1, 0.15) is 22.8 Å². The van der Waals surface area contributed by atoms with Crippen LogP contribution in [0.4, 0.5) is 0 Å². The van der Waals surface area contributed by atoms with Crippen LogP contribution in [0.15, 0.2) is 97.6 Å². The zero-order valence-corrected chi connectivity index (χ0v) is 38.9. The van der Waals surface area contributed by atoms with Gasteiger partial charge in [0.05, 0.1) is 49.2 Å². The van der Waals surface area contributed by atoms with E-state index in [1.165, 1.54) is 0 Å². The summed E-state index contributed by atoms with van der Waals surface area (Å²) in [7, 11) is -14.8. The predicted molar refractivity (Wildman–Crippen MR) is 183 cm³/mol. The maximum absolute atomic E-state index is 8.49. The normalized spacial score (nSPS) is 15.8. The van der Waals surface area contributed by atoms with Crippen LogP contribution >= 0.6 is 0 Å². The molecule has 5 rings (SSSR count). The first kappa shape index (κ1) is 63.8. The zero-order chi connectivity index (χ0) is 45.0. The molecule has 2 N–H and O–H groups in total. The molecule has 2 radical (unpaired) electrons. The molecule has 0 aromatic carbocycles. The van der Waals surface area contributed by atoms with Gasteiger partial charge in [-0.25, -0.2) is 55.9 Å². The fraction of sp³-hybridized carbons (Fsp3) is 0.444. The number of aromatic nitrogens is 4. The van der Waals surface area contributed by atoms with Crippen LogP contribution in [-0.2, 0) is 69.8 Å². The van der Waals surface area contributed by atoms with Gasteiger partial charge in [-0.3, -0.25) is 39.5 Å². The maximum atomic E-state index is 8.49. The van der Waals surface area contributed by atoms with Gasteiger partial charge in [-0.15, -0.1) is 30.7 Å². The van der Waals surface area contributed by atoms with Gasteiger partial charge in [-0.1, -0.05) is 24.3 Å². The predicted octanol–water partition coefficient (Wildman–Crippen LogP) is -11.5. The van der Waals surface area contributed by atoms with Crippen molar-refractivity contribution in [2.75, 3.05) is 78.8 Å². The van der Waals surface area contributed by atoms with E-state index in [4.69, 9.17) is 65.4 Å². The minimum absolute atomic E-state index is 0. The fourth-order valence-corrected chi connectivity index (χ4v) is 5.51. The van der Waals surface area contributed by atoms with Gasteiger partial charge in [0.2, 0.25) is 0 Å². The second-order valence-electron chi connectivity index (χ2n) is 12.7. The summed E-state index contributed by atoms with van der Waals surface area (Å²) in [6.45, 7) is 12.8. The summed E-state index contributed by atoms with van der Waals surface area (Å²) in [5.41, 5.74) is 4.28. The topological polar surface area (TPSA) is 391 Å². The summed E-state index contributed by atoms with van der Waals surface area (Å²) in [4.78, 5) is 28.2. The van der Waals surface area contributed by atoms with Crippen molar-refractivity contribution in [2.24, 2.45) is 0 Å². The molecule has 64 heavy (non-hydrogen) atoms. The number of pyridine rings is 4. The standard InChI is InChI=1S/C36H48N8O2.3ClHO4.2Mn.H2O/c1-5-13-37-33(9-1)29-41-17-18-42(30-34-10-2-6-14-38-34)22-27-46-28-24-44(32-36-12-4-8-16-40-36)20-19-43(23-26-45-25-21-41)31-35-11-3-7-15-39-35;3*2-1(3,4)5;;;/h1-16H,17-32H2;3*(H,2,3,4,5);;;1H2/q;;;;;+2;/p-3. The minimum atomic E-state index is -4.94. The smallest absolute Gasteiger partial charge is 0.412 e. The Balaban J connectivity index is 0. The third kappa shape index (κ3) is 40.1. The molecule has 5 heterocycles. The molecule has 0 amide bonds. The van der Waals surface area contributed by atoms with Crippen LogP contribution in [0.5, 0.6) is 0 Å². The second-order valence-corrected chi connectivity index (χ2v) is 15.0. The van der Waals surface area contributed by atoms with Crippen LogP contribution in [0, 0.1) is 30.7 Å². The molecule has 0 spiro atoms. The van der Waals surface area contributed by atoms with Gasteiger partial charge in [0.25, 0.3) is 0 Å². The van der Waals surface area contributed by atoms with Crippen molar-refractivity contribution < 1.29 is 136 Å². The second kappa shape index (κ2) is 35.9. The Bertz CT molecular complexity index is 1420. The molecule has 1 aliphatic heterocycles. The third-order valence-corrected chi connectivity index (χ3v) is 8.12. The Morgan fingerprint density at radius 2 is 0.562 bits per heavy atom. The maximum Gasteiger partial charge on any atom is 2.00 e. The summed E-state index contributed by atoms with van der Waals surface area (Å²) < 4.78 is 114. The van der Waals surface area contributed by atoms with Gasteiger partial charge in [0, 0.05) is 120 Å². The SMILES string of the molecule is O.[Mn+2].[Mn].[O-][Cl+3]([O-])([O-])[O-].[O-][Cl+3]([O-])([O-])[O-].[O-][Cl+3]([O-])([O-])[O-].c1ccc(CN2CCOCCN(Cc3ccccn3)CCN(Cc3ccccn3)CCOCCN(Cc3ccccn3)CC2)nc1. The van der Waals surface area contributed by atoms with E-state index in [1.807, 2.05) is 49.1 Å². The van der Waals surface area contributed by atoms with Gasteiger partial charge in [-0.2, -0.15) is 0 Å². The molecule has 4 aromatic rings. The molecule has 0 unspecified atom stereocenters. The van der Waals surface area contributed by atoms with Crippen molar-refractivity contribution >= 4 is 0 Å². The Morgan fingerprint density at radius 3 is 0.719 bits per heavy atom. The molecule has 28 heteroatoms. The Kier molecular flexibility index (Phi) is 35.8. The number of nitrogens with zero attached hydrogens (tertiary/aromatic N) is 8. The Labute approximate surface area is 398 Å². The number of halogens is 3. The van der Waals surface area contributed by atoms with E-state index >= 15 is 0 Å². The first-order valence-electron chi connectivity index (χ1n) is 18.3. The summed E-state index contributed by atoms with van der Waals surface area (Å²) in [5, 5.41) is 0. The van der Waals surface area contributed by atoms with Gasteiger partial charge in [0.1, 0.15) is 0 Å². The summed E-state index contributed by atoms with van der Waals surface area (Å²) >= 11 is 0. The quantitative estimate of drug-likeness (QED) is 0.148. The average molecular weight is 1050 g/mol. The summed E-state index contributed by atoms with van der Waals surface area (Å²) in [6.07, 6.45) is 7.47. The molecule has 23 nitrogen and oxygen atoms in total. The van der Waals surface area contributed by atoms with E-state index in [2.05, 4.69) is 88.1 Å². The van der Waals surface area contributed by atoms with Gasteiger partial charge in [0.15, 0.2) is 0 Å². The van der Waals surface area contributed by atoms with E-state index in [9.17, 15) is 0 Å². The van der Waals surface area contributed by atoms with Crippen molar-refractivity contribution in [3.63, 3.8) is 0 Å². The van der Waals surface area contributed by atoms with E-state index in [0.717, 1.165) is 101 Å². The monoisotopic (exact) mass is 1050 g/mol. The van der Waals surface area contributed by atoms with E-state index in [0.29, 0.717) is 26.4 Å². The van der Waals surface area contributed by atoms with Crippen LogP contribution < -0.4 is 55.9 Å². The number of rotatable bonds is 8. The molecule has 1 aliphatic rings. The van der Waals surface area contributed by atoms with E-state index < -0.39 is 30.7 Å². The molecule has 0 bridgehead atoms. The van der Waals surface area contributed by atoms with Crippen molar-refractivity contribution in [3.05, 3.63) is 120 Å². The number of hydrogen-bond acceptors (Lipinski definition) is 22. The fourth-order valence-electron chi connectivity index (χ4n) is 5.51. The molecule has 0 saturated carbocycles. The number of hydrogen-bond donors (Lipinski definition) is 0. The van der Waals surface area contributed by atoms with Crippen LogP contribution in [-0.4, -0.2) is 124 Å². The average Bonchev–Trinajstić information content (AvgIpc) is 3.17. The number of ether oxygens (including phenoxy) is 2. The molecule has 4 aromatic heterocycles. The zero-order valence-electron chi connectivity index (χ0n) is 34.2. The third-order valence-electron chi connectivity index (χ3n) is 8.12. The molecule has 1 fully saturated rings. The molecule has 1 saturated heterocycles. The van der Waals surface area contributed by atoms with Crippen LogP contribution in [0.2, 0.25) is 0 Å².